The maximum Gasteiger partial charge on any atom is 0.257 e. The van der Waals surface area contributed by atoms with E-state index in [1.165, 1.54) is 16.9 Å². The molecule has 0 aliphatic carbocycles. The second-order valence-electron chi connectivity index (χ2n) is 6.37. The van der Waals surface area contributed by atoms with Gasteiger partial charge < -0.3 is 4.42 Å². The molecule has 138 valence electrons. The summed E-state index contributed by atoms with van der Waals surface area (Å²) in [7, 11) is -3.62. The average Bonchev–Trinajstić information content (AvgIpc) is 3.31. The molecule has 1 N–H and O–H groups in total. The third-order valence-corrected chi connectivity index (χ3v) is 5.67. The van der Waals surface area contributed by atoms with Crippen molar-refractivity contribution >= 4 is 10.0 Å². The van der Waals surface area contributed by atoms with E-state index >= 15 is 0 Å². The van der Waals surface area contributed by atoms with Crippen LogP contribution in [0.4, 0.5) is 0 Å². The number of nitrogens with one attached hydrogen (secondary N) is 1. The molecule has 3 aromatic rings. The molecule has 0 aliphatic rings. The molecule has 0 bridgehead atoms. The van der Waals surface area contributed by atoms with E-state index < -0.39 is 10.0 Å². The minimum Gasteiger partial charge on any atom is -0.469 e. The first kappa shape index (κ1) is 18.4. The molecule has 0 spiro atoms. The quantitative estimate of drug-likeness (QED) is 0.655. The van der Waals surface area contributed by atoms with Crippen molar-refractivity contribution in [3.05, 3.63) is 72.3 Å². The van der Waals surface area contributed by atoms with Gasteiger partial charge in [-0.3, -0.25) is 4.68 Å². The summed E-state index contributed by atoms with van der Waals surface area (Å²) in [6, 6.07) is 15.2. The molecule has 0 aliphatic heterocycles. The molecule has 0 saturated carbocycles. The normalized spacial score (nSPS) is 13.2. The molecule has 6 nitrogen and oxygen atoms in total. The lowest BCUT2D eigenvalue weighted by Crippen LogP contribution is -2.28. The lowest BCUT2D eigenvalue weighted by atomic mass is 9.93. The molecule has 2 aromatic heterocycles. The molecule has 0 amide bonds. The van der Waals surface area contributed by atoms with Gasteiger partial charge in [0.25, 0.3) is 10.0 Å². The Hall–Kier alpha value is -2.38. The monoisotopic (exact) mass is 373 g/mol. The van der Waals surface area contributed by atoms with Gasteiger partial charge in [0.15, 0.2) is 5.03 Å². The van der Waals surface area contributed by atoms with Crippen LogP contribution >= 0.6 is 0 Å². The fourth-order valence-corrected chi connectivity index (χ4v) is 4.24. The van der Waals surface area contributed by atoms with Gasteiger partial charge in [0.1, 0.15) is 5.76 Å². The number of hydrogen-bond acceptors (Lipinski definition) is 4. The summed E-state index contributed by atoms with van der Waals surface area (Å²) in [6.45, 7) is 4.09. The van der Waals surface area contributed by atoms with Crippen molar-refractivity contribution in [1.82, 2.24) is 14.5 Å². The van der Waals surface area contributed by atoms with Crippen LogP contribution in [0.5, 0.6) is 0 Å². The zero-order valence-electron chi connectivity index (χ0n) is 14.9. The summed E-state index contributed by atoms with van der Waals surface area (Å²) in [6.07, 6.45) is 3.73. The first-order valence-electron chi connectivity index (χ1n) is 8.60. The average molecular weight is 373 g/mol. The van der Waals surface area contributed by atoms with Crippen molar-refractivity contribution in [1.29, 1.82) is 0 Å². The maximum atomic E-state index is 12.6. The van der Waals surface area contributed by atoms with Crippen molar-refractivity contribution in [3.8, 4) is 0 Å². The van der Waals surface area contributed by atoms with E-state index in [1.807, 2.05) is 56.3 Å². The van der Waals surface area contributed by atoms with Gasteiger partial charge in [-0.1, -0.05) is 30.3 Å². The van der Waals surface area contributed by atoms with Gasteiger partial charge >= 0.3 is 0 Å². The van der Waals surface area contributed by atoms with Crippen molar-refractivity contribution in [2.45, 2.75) is 37.3 Å². The van der Waals surface area contributed by atoms with Crippen LogP contribution in [-0.4, -0.2) is 24.7 Å². The van der Waals surface area contributed by atoms with Crippen molar-refractivity contribution in [3.63, 3.8) is 0 Å². The van der Waals surface area contributed by atoms with Crippen LogP contribution < -0.4 is 4.72 Å². The van der Waals surface area contributed by atoms with Gasteiger partial charge in [-0.2, -0.15) is 5.10 Å². The Morgan fingerprint density at radius 2 is 1.88 bits per heavy atom. The summed E-state index contributed by atoms with van der Waals surface area (Å²) in [4.78, 5) is 0. The van der Waals surface area contributed by atoms with E-state index in [1.54, 1.807) is 6.26 Å². The third kappa shape index (κ3) is 4.05. The first-order valence-corrected chi connectivity index (χ1v) is 10.1. The molecular formula is C19H23N3O3S. The van der Waals surface area contributed by atoms with Crippen LogP contribution in [0.2, 0.25) is 0 Å². The predicted octanol–water partition coefficient (Wildman–Crippen LogP) is 3.56. The molecule has 7 heteroatoms. The molecular weight excluding hydrogens is 350 g/mol. The van der Waals surface area contributed by atoms with Gasteiger partial charge in [-0.25, -0.2) is 13.1 Å². The SMILES string of the molecule is CC(C)n1nccc1S(=O)(=O)NCC[C@@H](c1ccccc1)c1ccco1. The van der Waals surface area contributed by atoms with Crippen LogP contribution in [0.1, 0.15) is 43.6 Å². The lowest BCUT2D eigenvalue weighted by Gasteiger charge is -2.16. The Morgan fingerprint density at radius 1 is 1.12 bits per heavy atom. The number of nitrogens with zero attached hydrogens (tertiary/aromatic N) is 2. The number of aromatic nitrogens is 2. The van der Waals surface area contributed by atoms with Crippen LogP contribution in [0.15, 0.2) is 70.4 Å². The Morgan fingerprint density at radius 3 is 2.54 bits per heavy atom. The molecule has 0 radical (unpaired) electrons. The fourth-order valence-electron chi connectivity index (χ4n) is 2.96. The highest BCUT2D eigenvalue weighted by Gasteiger charge is 2.22. The third-order valence-electron chi connectivity index (χ3n) is 4.21. The van der Waals surface area contributed by atoms with Gasteiger partial charge in [0.05, 0.1) is 12.5 Å². The molecule has 1 aromatic carbocycles. The molecule has 1 atom stereocenters. The van der Waals surface area contributed by atoms with Gasteiger partial charge in [-0.15, -0.1) is 0 Å². The number of hydrogen-bond donors (Lipinski definition) is 1. The van der Waals surface area contributed by atoms with Crippen LogP contribution in [0, 0.1) is 0 Å². The topological polar surface area (TPSA) is 77.1 Å². The number of benzene rings is 1. The number of rotatable bonds is 8. The second kappa shape index (κ2) is 7.88. The first-order chi connectivity index (χ1) is 12.5. The largest absolute Gasteiger partial charge is 0.469 e. The Kier molecular flexibility index (Phi) is 5.58. The predicted molar refractivity (Wildman–Crippen MR) is 99.4 cm³/mol. The Bertz CT molecular complexity index is 916. The van der Waals surface area contributed by atoms with Gasteiger partial charge in [0, 0.05) is 18.5 Å². The molecule has 3 rings (SSSR count). The minimum atomic E-state index is -3.62. The highest BCUT2D eigenvalue weighted by atomic mass is 32.2. The van der Waals surface area contributed by atoms with E-state index in [-0.39, 0.29) is 17.0 Å². The molecule has 0 saturated heterocycles. The summed E-state index contributed by atoms with van der Waals surface area (Å²) < 4.78 is 35.0. The van der Waals surface area contributed by atoms with Gasteiger partial charge in [0.2, 0.25) is 0 Å². The Balaban J connectivity index is 1.73. The minimum absolute atomic E-state index is 0.0103. The lowest BCUT2D eigenvalue weighted by molar-refractivity contribution is 0.466. The summed E-state index contributed by atoms with van der Waals surface area (Å²) in [5, 5.41) is 4.28. The van der Waals surface area contributed by atoms with Crippen molar-refractivity contribution < 1.29 is 12.8 Å². The second-order valence-corrected chi connectivity index (χ2v) is 8.09. The standard InChI is InChI=1S/C19H23N3O3S/c1-15(2)22-19(11-12-20-22)26(23,24)21-13-10-17(18-9-6-14-25-18)16-7-4-3-5-8-16/h3-9,11-12,14-15,17,21H,10,13H2,1-2H3/t17-/m0/s1. The molecule has 26 heavy (non-hydrogen) atoms. The van der Waals surface area contributed by atoms with E-state index in [0.29, 0.717) is 13.0 Å². The van der Waals surface area contributed by atoms with Crippen LogP contribution in [0.3, 0.4) is 0 Å². The van der Waals surface area contributed by atoms with E-state index in [9.17, 15) is 8.42 Å². The van der Waals surface area contributed by atoms with E-state index in [4.69, 9.17) is 4.42 Å². The zero-order chi connectivity index (χ0) is 18.6. The maximum absolute atomic E-state index is 12.6. The molecule has 0 unspecified atom stereocenters. The highest BCUT2D eigenvalue weighted by molar-refractivity contribution is 7.89. The van der Waals surface area contributed by atoms with E-state index in [0.717, 1.165) is 11.3 Å². The van der Waals surface area contributed by atoms with Crippen LogP contribution in [0.25, 0.3) is 0 Å². The number of sulfonamides is 1. The molecule has 0 fully saturated rings. The smallest absolute Gasteiger partial charge is 0.257 e. The summed E-state index contributed by atoms with van der Waals surface area (Å²) in [5.41, 5.74) is 1.09. The van der Waals surface area contributed by atoms with Crippen molar-refractivity contribution in [2.24, 2.45) is 0 Å². The Labute approximate surface area is 153 Å². The van der Waals surface area contributed by atoms with Gasteiger partial charge in [-0.05, 0) is 44.0 Å². The van der Waals surface area contributed by atoms with Crippen molar-refractivity contribution in [2.75, 3.05) is 6.54 Å². The number of furan rings is 1. The summed E-state index contributed by atoms with van der Waals surface area (Å²) in [5.74, 6) is 0.812. The zero-order valence-corrected chi connectivity index (χ0v) is 15.7. The van der Waals surface area contributed by atoms with Crippen LogP contribution in [-0.2, 0) is 10.0 Å². The van der Waals surface area contributed by atoms with E-state index in [2.05, 4.69) is 9.82 Å². The summed E-state index contributed by atoms with van der Waals surface area (Å²) >= 11 is 0. The fraction of sp³-hybridized carbons (Fsp3) is 0.316. The molecule has 2 heterocycles. The highest BCUT2D eigenvalue weighted by Crippen LogP contribution is 2.28.